The Bertz CT molecular complexity index is 1430. The van der Waals surface area contributed by atoms with Crippen LogP contribution in [0.25, 0.3) is 10.8 Å². The van der Waals surface area contributed by atoms with Crippen LogP contribution in [0.5, 0.6) is 0 Å². The Morgan fingerprint density at radius 2 is 1.55 bits per heavy atom. The molecular formula is C25H20Cl2N2O3S. The van der Waals surface area contributed by atoms with Gasteiger partial charge in [0.25, 0.3) is 5.91 Å². The van der Waals surface area contributed by atoms with E-state index in [0.29, 0.717) is 16.8 Å². The molecule has 4 aromatic carbocycles. The number of carbonyl (C=O) groups is 1. The van der Waals surface area contributed by atoms with Crippen LogP contribution in [0.1, 0.15) is 15.9 Å². The number of amides is 1. The number of nitrogens with one attached hydrogen (secondary N) is 1. The van der Waals surface area contributed by atoms with Crippen molar-refractivity contribution in [1.29, 1.82) is 0 Å². The molecule has 1 N–H and O–H groups in total. The predicted octanol–water partition coefficient (Wildman–Crippen LogP) is 6.37. The summed E-state index contributed by atoms with van der Waals surface area (Å²) in [5.41, 5.74) is 2.17. The fourth-order valence-electron chi connectivity index (χ4n) is 3.52. The van der Waals surface area contributed by atoms with E-state index in [-0.39, 0.29) is 22.5 Å². The summed E-state index contributed by atoms with van der Waals surface area (Å²) in [7, 11) is -3.63. The molecule has 33 heavy (non-hydrogen) atoms. The summed E-state index contributed by atoms with van der Waals surface area (Å²) >= 11 is 12.3. The third-order valence-electron chi connectivity index (χ3n) is 5.18. The first-order valence-electron chi connectivity index (χ1n) is 10.0. The van der Waals surface area contributed by atoms with E-state index < -0.39 is 10.0 Å². The maximum atomic E-state index is 12.8. The smallest absolute Gasteiger partial charge is 0.255 e. The first-order valence-corrected chi connectivity index (χ1v) is 12.6. The summed E-state index contributed by atoms with van der Waals surface area (Å²) in [6.07, 6.45) is 1.11. The fraction of sp³-hybridized carbons (Fsp3) is 0.0800. The molecule has 0 bridgehead atoms. The number of hydrogen-bond acceptors (Lipinski definition) is 3. The van der Waals surface area contributed by atoms with E-state index in [0.717, 1.165) is 22.7 Å². The highest BCUT2D eigenvalue weighted by molar-refractivity contribution is 7.92. The zero-order chi connectivity index (χ0) is 23.6. The third kappa shape index (κ3) is 5.14. The van der Waals surface area contributed by atoms with Crippen molar-refractivity contribution in [3.63, 3.8) is 0 Å². The molecule has 0 atom stereocenters. The molecule has 0 spiro atoms. The molecular weight excluding hydrogens is 479 g/mol. The molecule has 0 unspecified atom stereocenters. The van der Waals surface area contributed by atoms with E-state index in [1.54, 1.807) is 42.5 Å². The minimum atomic E-state index is -3.63. The van der Waals surface area contributed by atoms with Crippen molar-refractivity contribution < 1.29 is 13.2 Å². The average molecular weight is 499 g/mol. The Morgan fingerprint density at radius 1 is 0.879 bits per heavy atom. The molecule has 0 aliphatic carbocycles. The molecule has 1 amide bonds. The van der Waals surface area contributed by atoms with Crippen LogP contribution >= 0.6 is 23.2 Å². The highest BCUT2D eigenvalue weighted by atomic mass is 35.5. The van der Waals surface area contributed by atoms with Gasteiger partial charge in [-0.25, -0.2) is 8.42 Å². The lowest BCUT2D eigenvalue weighted by molar-refractivity contribution is 0.102. The molecule has 0 saturated heterocycles. The maximum absolute atomic E-state index is 12.8. The summed E-state index contributed by atoms with van der Waals surface area (Å²) in [5.74, 6) is -0.254. The number of carbonyl (C=O) groups excluding carboxylic acids is 1. The molecule has 0 aliphatic rings. The van der Waals surface area contributed by atoms with Gasteiger partial charge in [-0.3, -0.25) is 9.10 Å². The van der Waals surface area contributed by atoms with Gasteiger partial charge in [-0.05, 0) is 41.3 Å². The standard InChI is InChI=1S/C25H20Cl2N2O3S/c1-33(31,32)29(23-11-5-9-21(26)24(23)27)16-17-12-14-19(15-13-17)25(30)28-22-10-4-7-18-6-2-3-8-20(18)22/h2-15H,16H2,1H3,(H,28,30). The summed E-state index contributed by atoms with van der Waals surface area (Å²) in [4.78, 5) is 12.8. The van der Waals surface area contributed by atoms with Crippen LogP contribution < -0.4 is 9.62 Å². The van der Waals surface area contributed by atoms with E-state index >= 15 is 0 Å². The largest absolute Gasteiger partial charge is 0.321 e. The summed E-state index contributed by atoms with van der Waals surface area (Å²) in [6, 6.07) is 25.1. The first-order chi connectivity index (χ1) is 15.7. The van der Waals surface area contributed by atoms with Crippen LogP contribution in [0.3, 0.4) is 0 Å². The molecule has 0 aliphatic heterocycles. The third-order valence-corrected chi connectivity index (χ3v) is 7.12. The lowest BCUT2D eigenvalue weighted by Gasteiger charge is -2.24. The van der Waals surface area contributed by atoms with Crippen molar-refractivity contribution >= 4 is 61.3 Å². The van der Waals surface area contributed by atoms with Gasteiger partial charge in [0, 0.05) is 16.6 Å². The van der Waals surface area contributed by atoms with Gasteiger partial charge in [0.2, 0.25) is 10.0 Å². The minimum Gasteiger partial charge on any atom is -0.321 e. The Labute approximate surface area is 202 Å². The molecule has 4 rings (SSSR count). The van der Waals surface area contributed by atoms with Crippen molar-refractivity contribution in [2.75, 3.05) is 15.9 Å². The van der Waals surface area contributed by atoms with Gasteiger partial charge in [-0.2, -0.15) is 0 Å². The van der Waals surface area contributed by atoms with Crippen LogP contribution in [-0.2, 0) is 16.6 Å². The number of hydrogen-bond donors (Lipinski definition) is 1. The zero-order valence-electron chi connectivity index (χ0n) is 17.6. The Morgan fingerprint density at radius 3 is 2.27 bits per heavy atom. The van der Waals surface area contributed by atoms with E-state index in [2.05, 4.69) is 5.32 Å². The molecule has 4 aromatic rings. The van der Waals surface area contributed by atoms with Crippen LogP contribution in [0.4, 0.5) is 11.4 Å². The number of fused-ring (bicyclic) bond motifs is 1. The normalized spacial score (nSPS) is 11.4. The molecule has 0 saturated carbocycles. The molecule has 0 aromatic heterocycles. The molecule has 168 valence electrons. The van der Waals surface area contributed by atoms with Gasteiger partial charge in [-0.15, -0.1) is 0 Å². The summed E-state index contributed by atoms with van der Waals surface area (Å²) < 4.78 is 26.1. The zero-order valence-corrected chi connectivity index (χ0v) is 20.0. The van der Waals surface area contributed by atoms with Gasteiger partial charge in [0.05, 0.1) is 28.5 Å². The van der Waals surface area contributed by atoms with Gasteiger partial charge in [-0.1, -0.05) is 77.8 Å². The number of sulfonamides is 1. The molecule has 8 heteroatoms. The number of rotatable bonds is 6. The van der Waals surface area contributed by atoms with Crippen molar-refractivity contribution in [2.24, 2.45) is 0 Å². The van der Waals surface area contributed by atoms with Crippen molar-refractivity contribution in [2.45, 2.75) is 6.54 Å². The van der Waals surface area contributed by atoms with E-state index in [9.17, 15) is 13.2 Å². The van der Waals surface area contributed by atoms with Gasteiger partial charge in [0.1, 0.15) is 0 Å². The SMILES string of the molecule is CS(=O)(=O)N(Cc1ccc(C(=O)Nc2cccc3ccccc23)cc1)c1cccc(Cl)c1Cl. The number of halogens is 2. The molecule has 0 radical (unpaired) electrons. The average Bonchev–Trinajstić information content (AvgIpc) is 2.79. The fourth-order valence-corrected chi connectivity index (χ4v) is 4.86. The predicted molar refractivity (Wildman–Crippen MR) is 136 cm³/mol. The molecule has 0 heterocycles. The summed E-state index contributed by atoms with van der Waals surface area (Å²) in [5, 5.41) is 5.36. The molecule has 0 fully saturated rings. The molecule has 5 nitrogen and oxygen atoms in total. The van der Waals surface area contributed by atoms with Crippen LogP contribution in [-0.4, -0.2) is 20.6 Å². The van der Waals surface area contributed by atoms with Crippen LogP contribution in [0, 0.1) is 0 Å². The minimum absolute atomic E-state index is 0.0458. The highest BCUT2D eigenvalue weighted by Gasteiger charge is 2.21. The van der Waals surface area contributed by atoms with Gasteiger partial charge < -0.3 is 5.32 Å². The van der Waals surface area contributed by atoms with Crippen LogP contribution in [0.2, 0.25) is 10.0 Å². The van der Waals surface area contributed by atoms with E-state index in [1.165, 1.54) is 4.31 Å². The van der Waals surface area contributed by atoms with E-state index in [4.69, 9.17) is 23.2 Å². The Kier molecular flexibility index (Phi) is 6.61. The number of nitrogens with zero attached hydrogens (tertiary/aromatic N) is 1. The number of anilines is 2. The van der Waals surface area contributed by atoms with Gasteiger partial charge in [0.15, 0.2) is 0 Å². The quantitative estimate of drug-likeness (QED) is 0.336. The second-order valence-corrected chi connectivity index (χ2v) is 10.2. The first kappa shape index (κ1) is 23.1. The second-order valence-electron chi connectivity index (χ2n) is 7.52. The number of benzene rings is 4. The Hall–Kier alpha value is -3.06. The highest BCUT2D eigenvalue weighted by Crippen LogP contribution is 2.34. The lowest BCUT2D eigenvalue weighted by Crippen LogP contribution is -2.29. The van der Waals surface area contributed by atoms with E-state index in [1.807, 2.05) is 42.5 Å². The summed E-state index contributed by atoms with van der Waals surface area (Å²) in [6.45, 7) is 0.0458. The van der Waals surface area contributed by atoms with Crippen molar-refractivity contribution in [3.8, 4) is 0 Å². The topological polar surface area (TPSA) is 66.5 Å². The van der Waals surface area contributed by atoms with Crippen molar-refractivity contribution in [1.82, 2.24) is 0 Å². The Balaban J connectivity index is 1.56. The lowest BCUT2D eigenvalue weighted by atomic mass is 10.1. The van der Waals surface area contributed by atoms with Crippen molar-refractivity contribution in [3.05, 3.63) is 106 Å². The second kappa shape index (κ2) is 9.43. The van der Waals surface area contributed by atoms with Gasteiger partial charge >= 0.3 is 0 Å². The maximum Gasteiger partial charge on any atom is 0.255 e. The monoisotopic (exact) mass is 498 g/mol. The van der Waals surface area contributed by atoms with Crippen LogP contribution in [0.15, 0.2) is 84.9 Å².